The van der Waals surface area contributed by atoms with Gasteiger partial charge in [0, 0.05) is 34.0 Å². The van der Waals surface area contributed by atoms with Crippen LogP contribution in [0.1, 0.15) is 39.2 Å². The highest BCUT2D eigenvalue weighted by Gasteiger charge is 2.18. The average Bonchev–Trinajstić information content (AvgIpc) is 2.59. The smallest absolute Gasteiger partial charge is 0.253 e. The van der Waals surface area contributed by atoms with E-state index in [9.17, 15) is 9.59 Å². The molecule has 0 spiro atoms. The molecule has 3 rings (SSSR count). The normalized spacial score (nSPS) is 14.5. The Kier molecular flexibility index (Phi) is 5.47. The molecular weight excluding hydrogens is 352 g/mol. The van der Waals surface area contributed by atoms with Gasteiger partial charge in [-0.3, -0.25) is 9.59 Å². The summed E-state index contributed by atoms with van der Waals surface area (Å²) in [5.41, 5.74) is 3.45. The fourth-order valence-corrected chi connectivity index (χ4v) is 3.44. The molecule has 1 aromatic carbocycles. The number of allylic oxidation sites excluding steroid dienone is 2. The quantitative estimate of drug-likeness (QED) is 0.754. The van der Waals surface area contributed by atoms with E-state index in [1.807, 2.05) is 19.1 Å². The summed E-state index contributed by atoms with van der Waals surface area (Å²) in [5.74, 6) is 0.305. The number of benzene rings is 1. The molecular formula is C20H21ClN2O3. The number of ether oxygens (including phenoxy) is 1. The number of methoxy groups -OCH3 is 1. The first-order chi connectivity index (χ1) is 12.5. The van der Waals surface area contributed by atoms with Crippen LogP contribution in [-0.4, -0.2) is 18.0 Å². The monoisotopic (exact) mass is 372 g/mol. The number of carbonyl (C=O) groups excluding carboxylic acids is 1. The first-order valence-electron chi connectivity index (χ1n) is 8.51. The van der Waals surface area contributed by atoms with Gasteiger partial charge in [-0.25, -0.2) is 0 Å². The third-order valence-corrected chi connectivity index (χ3v) is 4.71. The predicted molar refractivity (Wildman–Crippen MR) is 102 cm³/mol. The van der Waals surface area contributed by atoms with Crippen LogP contribution in [-0.2, 0) is 19.4 Å². The van der Waals surface area contributed by atoms with Crippen LogP contribution in [0.3, 0.4) is 0 Å². The maximum atomic E-state index is 12.8. The Morgan fingerprint density at radius 1 is 1.12 bits per heavy atom. The van der Waals surface area contributed by atoms with E-state index >= 15 is 0 Å². The molecule has 1 aliphatic rings. The van der Waals surface area contributed by atoms with Gasteiger partial charge in [-0.1, -0.05) is 23.8 Å². The molecule has 0 saturated carbocycles. The number of fused-ring (bicyclic) bond motifs is 2. The van der Waals surface area contributed by atoms with Crippen molar-refractivity contribution >= 4 is 17.5 Å². The SMILES string of the molecule is COc1cc(Cl)cc2c1CC=CCCc1cc(C)[nH]c(=O)c1CNC2=O. The van der Waals surface area contributed by atoms with Gasteiger partial charge in [0.2, 0.25) is 0 Å². The van der Waals surface area contributed by atoms with Crippen molar-refractivity contribution in [2.24, 2.45) is 0 Å². The molecule has 136 valence electrons. The van der Waals surface area contributed by atoms with E-state index in [1.165, 1.54) is 0 Å². The summed E-state index contributed by atoms with van der Waals surface area (Å²) in [4.78, 5) is 27.9. The van der Waals surface area contributed by atoms with Gasteiger partial charge < -0.3 is 15.0 Å². The van der Waals surface area contributed by atoms with Gasteiger partial charge in [0.05, 0.1) is 7.11 Å². The summed E-state index contributed by atoms with van der Waals surface area (Å²) in [5, 5.41) is 3.29. The molecule has 0 fully saturated rings. The Morgan fingerprint density at radius 2 is 1.92 bits per heavy atom. The van der Waals surface area contributed by atoms with Crippen molar-refractivity contribution in [1.82, 2.24) is 10.3 Å². The third-order valence-electron chi connectivity index (χ3n) is 4.50. The van der Waals surface area contributed by atoms with Crippen molar-refractivity contribution in [2.75, 3.05) is 7.11 Å². The van der Waals surface area contributed by atoms with Crippen molar-refractivity contribution in [2.45, 2.75) is 32.7 Å². The van der Waals surface area contributed by atoms with Crippen molar-refractivity contribution < 1.29 is 9.53 Å². The zero-order valence-electron chi connectivity index (χ0n) is 14.8. The van der Waals surface area contributed by atoms with Gasteiger partial charge in [-0.05, 0) is 49.9 Å². The van der Waals surface area contributed by atoms with Gasteiger partial charge >= 0.3 is 0 Å². The second-order valence-corrected chi connectivity index (χ2v) is 6.75. The fourth-order valence-electron chi connectivity index (χ4n) is 3.23. The number of aromatic nitrogens is 1. The molecule has 0 saturated heterocycles. The molecule has 2 aromatic rings. The summed E-state index contributed by atoms with van der Waals surface area (Å²) in [6.45, 7) is 2.03. The number of hydrogen-bond acceptors (Lipinski definition) is 3. The second kappa shape index (κ2) is 7.79. The molecule has 1 aliphatic heterocycles. The molecule has 0 atom stereocenters. The number of carbonyl (C=O) groups is 1. The number of pyridine rings is 1. The van der Waals surface area contributed by atoms with E-state index in [2.05, 4.69) is 16.4 Å². The van der Waals surface area contributed by atoms with E-state index < -0.39 is 0 Å². The van der Waals surface area contributed by atoms with Gasteiger partial charge in [0.15, 0.2) is 0 Å². The average molecular weight is 373 g/mol. The summed E-state index contributed by atoms with van der Waals surface area (Å²) in [6.07, 6.45) is 6.22. The summed E-state index contributed by atoms with van der Waals surface area (Å²) >= 11 is 6.14. The minimum atomic E-state index is -0.277. The van der Waals surface area contributed by atoms with Crippen LogP contribution < -0.4 is 15.6 Å². The molecule has 26 heavy (non-hydrogen) atoms. The number of rotatable bonds is 1. The van der Waals surface area contributed by atoms with Crippen LogP contribution in [0, 0.1) is 6.92 Å². The van der Waals surface area contributed by atoms with Crippen molar-refractivity contribution in [3.63, 3.8) is 0 Å². The number of halogens is 1. The highest BCUT2D eigenvalue weighted by atomic mass is 35.5. The van der Waals surface area contributed by atoms with Crippen LogP contribution in [0.2, 0.25) is 5.02 Å². The maximum absolute atomic E-state index is 12.8. The lowest BCUT2D eigenvalue weighted by Gasteiger charge is -2.16. The van der Waals surface area contributed by atoms with Gasteiger partial charge in [-0.15, -0.1) is 0 Å². The maximum Gasteiger partial charge on any atom is 0.253 e. The van der Waals surface area contributed by atoms with Crippen LogP contribution >= 0.6 is 11.6 Å². The highest BCUT2D eigenvalue weighted by Crippen LogP contribution is 2.28. The molecule has 6 heteroatoms. The van der Waals surface area contributed by atoms with E-state index in [4.69, 9.17) is 16.3 Å². The minimum Gasteiger partial charge on any atom is -0.496 e. The summed E-state index contributed by atoms with van der Waals surface area (Å²) in [6, 6.07) is 5.31. The zero-order valence-corrected chi connectivity index (χ0v) is 15.6. The molecule has 1 amide bonds. The summed E-state index contributed by atoms with van der Waals surface area (Å²) < 4.78 is 5.40. The lowest BCUT2D eigenvalue weighted by molar-refractivity contribution is 0.0949. The lowest BCUT2D eigenvalue weighted by Crippen LogP contribution is -2.29. The number of aromatic amines is 1. The third kappa shape index (κ3) is 3.83. The van der Waals surface area contributed by atoms with Crippen molar-refractivity contribution in [3.8, 4) is 5.75 Å². The standard InChI is InChI=1S/C20H21ClN2O3/c1-12-8-13-6-4-3-5-7-15-16(9-14(21)10-18(15)26-2)19(24)22-11-17(13)20(25)23-12/h3,5,8-10H,4,6-7,11H2,1-2H3,(H,22,24)(H,23,25). The van der Waals surface area contributed by atoms with Gasteiger partial charge in [-0.2, -0.15) is 0 Å². The Morgan fingerprint density at radius 3 is 2.69 bits per heavy atom. The van der Waals surface area contributed by atoms with Gasteiger partial charge in [0.1, 0.15) is 5.75 Å². The molecule has 0 aliphatic carbocycles. The minimum absolute atomic E-state index is 0.162. The van der Waals surface area contributed by atoms with Crippen LogP contribution in [0.25, 0.3) is 0 Å². The van der Waals surface area contributed by atoms with Crippen LogP contribution in [0.4, 0.5) is 0 Å². The van der Waals surface area contributed by atoms with E-state index in [-0.39, 0.29) is 18.0 Å². The molecule has 1 aromatic heterocycles. The molecule has 0 radical (unpaired) electrons. The lowest BCUT2D eigenvalue weighted by atomic mass is 9.99. The van der Waals surface area contributed by atoms with Crippen LogP contribution in [0.5, 0.6) is 5.75 Å². The first kappa shape index (κ1) is 18.3. The molecule has 0 bridgehead atoms. The number of amides is 1. The topological polar surface area (TPSA) is 71.2 Å². The number of hydrogen-bond donors (Lipinski definition) is 2. The predicted octanol–water partition coefficient (Wildman–Crippen LogP) is 3.32. The Bertz CT molecular complexity index is 931. The Hall–Kier alpha value is -2.53. The molecule has 5 nitrogen and oxygen atoms in total. The largest absolute Gasteiger partial charge is 0.496 e. The first-order valence-corrected chi connectivity index (χ1v) is 8.88. The molecule has 0 unspecified atom stereocenters. The molecule has 2 N–H and O–H groups in total. The van der Waals surface area contributed by atoms with Gasteiger partial charge in [0.25, 0.3) is 11.5 Å². The van der Waals surface area contributed by atoms with Crippen LogP contribution in [0.15, 0.2) is 35.1 Å². The zero-order chi connectivity index (χ0) is 18.7. The fraction of sp³-hybridized carbons (Fsp3) is 0.300. The number of aryl methyl sites for hydroxylation is 2. The van der Waals surface area contributed by atoms with E-state index in [0.717, 1.165) is 29.7 Å². The van der Waals surface area contributed by atoms with Crippen molar-refractivity contribution in [3.05, 3.63) is 73.7 Å². The number of H-pyrrole nitrogens is 1. The molecule has 2 heterocycles. The summed E-state index contributed by atoms with van der Waals surface area (Å²) in [7, 11) is 1.56. The van der Waals surface area contributed by atoms with E-state index in [1.54, 1.807) is 19.2 Å². The Labute approximate surface area is 157 Å². The van der Waals surface area contributed by atoms with Crippen molar-refractivity contribution in [1.29, 1.82) is 0 Å². The highest BCUT2D eigenvalue weighted by molar-refractivity contribution is 6.31. The van der Waals surface area contributed by atoms with E-state index in [0.29, 0.717) is 28.3 Å². The number of nitrogens with one attached hydrogen (secondary N) is 2. The Balaban J connectivity index is 2.05. The second-order valence-electron chi connectivity index (χ2n) is 6.32.